The van der Waals surface area contributed by atoms with E-state index in [0.717, 1.165) is 0 Å². The average molecular weight is 417 g/mol. The molecule has 0 aromatic rings. The first-order valence-electron chi connectivity index (χ1n) is 3.22. The van der Waals surface area contributed by atoms with Crippen LogP contribution in [0.2, 0.25) is 0 Å². The van der Waals surface area contributed by atoms with Gasteiger partial charge in [0.05, 0.1) is 5.88 Å². The van der Waals surface area contributed by atoms with Gasteiger partial charge in [0.25, 0.3) is 0 Å². The molecule has 0 fully saturated rings. The van der Waals surface area contributed by atoms with Crippen molar-refractivity contribution in [3.63, 3.8) is 0 Å². The molecule has 3 nitrogen and oxygen atoms in total. The Balaban J connectivity index is -0.0000000361. The summed E-state index contributed by atoms with van der Waals surface area (Å²) in [5.74, 6) is 1.03. The second-order valence-corrected chi connectivity index (χ2v) is 4.45. The minimum Gasteiger partial charge on any atom is -0.329 e. The van der Waals surface area contributed by atoms with E-state index in [2.05, 4.69) is 13.8 Å². The summed E-state index contributed by atoms with van der Waals surface area (Å²) >= 11 is 14.8. The van der Waals surface area contributed by atoms with Crippen molar-refractivity contribution >= 4 is 59.7 Å². The molecule has 0 aromatic heterocycles. The van der Waals surface area contributed by atoms with Crippen molar-refractivity contribution < 1.29 is 31.7 Å². The Kier molecular flexibility index (Phi) is 50.8. The minimum absolute atomic E-state index is 0. The molecule has 3 N–H and O–H groups in total. The zero-order chi connectivity index (χ0) is 11.3. The molecule has 0 aromatic carbocycles. The summed E-state index contributed by atoms with van der Waals surface area (Å²) in [6.45, 7) is 6.50. The molecule has 15 heavy (non-hydrogen) atoms. The van der Waals surface area contributed by atoms with Crippen LogP contribution in [0.15, 0.2) is 0 Å². The van der Waals surface area contributed by atoms with Crippen LogP contribution in [0.1, 0.15) is 0 Å². The minimum atomic E-state index is -3.55. The van der Waals surface area contributed by atoms with Crippen LogP contribution in [0.25, 0.3) is 0 Å². The van der Waals surface area contributed by atoms with Crippen molar-refractivity contribution in [2.24, 2.45) is 0 Å². The maximum Gasteiger partial charge on any atom is 2.00 e. The number of hydrogen-bond donors (Lipinski definition) is 3. The van der Waals surface area contributed by atoms with Gasteiger partial charge >= 0.3 is 25.0 Å². The summed E-state index contributed by atoms with van der Waals surface area (Å²) in [6.07, 6.45) is -0.117. The number of halogens is 4. The van der Waals surface area contributed by atoms with Crippen LogP contribution in [0, 0.1) is 13.8 Å². The largest absolute Gasteiger partial charge is 2.00 e. The van der Waals surface area contributed by atoms with E-state index in [1.807, 2.05) is 0 Å². The molecular weight excluding hydrogens is 401 g/mol. The molecule has 0 heterocycles. The van der Waals surface area contributed by atoms with Gasteiger partial charge in [-0.15, -0.1) is 40.3 Å². The summed E-state index contributed by atoms with van der Waals surface area (Å²) in [6, 6.07) is 0. The Bertz CT molecular complexity index is 88.5. The van der Waals surface area contributed by atoms with E-state index < -0.39 is 7.94 Å². The number of hydrogen-bond acceptors (Lipinski definition) is 3. The number of rotatable bonds is 2. The van der Waals surface area contributed by atoms with Crippen molar-refractivity contribution in [1.82, 2.24) is 0 Å². The first-order valence-corrected chi connectivity index (χ1v) is 6.65. The Labute approximate surface area is 128 Å². The zero-order valence-electron chi connectivity index (χ0n) is 7.88. The first kappa shape index (κ1) is 30.3. The molecule has 0 rings (SSSR count). The van der Waals surface area contributed by atoms with Crippen LogP contribution in [0.5, 0.6) is 0 Å². The second-order valence-electron chi connectivity index (χ2n) is 1.48. The van der Waals surface area contributed by atoms with Gasteiger partial charge in [-0.1, -0.05) is 0 Å². The van der Waals surface area contributed by atoms with Crippen molar-refractivity contribution in [2.75, 3.05) is 23.8 Å². The van der Waals surface area contributed by atoms with Gasteiger partial charge in [0.2, 0.25) is 0 Å². The van der Waals surface area contributed by atoms with Crippen LogP contribution in [-0.2, 0) is 17.1 Å². The molecule has 1 radical (unpaired) electrons. The molecule has 0 bridgehead atoms. The van der Waals surface area contributed by atoms with E-state index in [0.29, 0.717) is 11.8 Å². The van der Waals surface area contributed by atoms with Crippen molar-refractivity contribution in [3.8, 4) is 0 Å². The Hall–Kier alpha value is 2.18. The molecule has 0 saturated heterocycles. The standard InChI is InChI=1S/C2H7ClO3P.2C2H4Cl.BrH.Cu/c3-1-2-7(4,5)6;2*1-2-3;;/h4-6H,1-2H2;2*1-2H2;1H;/q+1;2*-1;;+2. The van der Waals surface area contributed by atoms with E-state index in [1.165, 1.54) is 0 Å². The summed E-state index contributed by atoms with van der Waals surface area (Å²) in [7, 11) is -3.55. The second kappa shape index (κ2) is 25.1. The van der Waals surface area contributed by atoms with Gasteiger partial charge in [0, 0.05) is 0 Å². The van der Waals surface area contributed by atoms with E-state index in [-0.39, 0.29) is 46.1 Å². The Morgan fingerprint density at radius 2 is 1.13 bits per heavy atom. The molecule has 0 spiro atoms. The van der Waals surface area contributed by atoms with Gasteiger partial charge in [-0.05, 0) is 0 Å². The normalized spacial score (nSPS) is 8.00. The van der Waals surface area contributed by atoms with E-state index >= 15 is 0 Å². The summed E-state index contributed by atoms with van der Waals surface area (Å²) < 4.78 is 0. The van der Waals surface area contributed by atoms with Gasteiger partial charge in [0.1, 0.15) is 0 Å². The molecular formula is C6H16BrCl3CuO3P+. The molecule has 0 amide bonds. The molecule has 101 valence electrons. The monoisotopic (exact) mass is 414 g/mol. The van der Waals surface area contributed by atoms with Crippen molar-refractivity contribution in [2.45, 2.75) is 0 Å². The molecule has 0 aliphatic heterocycles. The van der Waals surface area contributed by atoms with E-state index in [1.54, 1.807) is 0 Å². The quantitative estimate of drug-likeness (QED) is 0.281. The first-order chi connectivity index (χ1) is 5.89. The Morgan fingerprint density at radius 1 is 0.933 bits per heavy atom. The fraction of sp³-hybridized carbons (Fsp3) is 0.667. The maximum absolute atomic E-state index is 8.16. The van der Waals surface area contributed by atoms with Crippen LogP contribution >= 0.6 is 59.7 Å². The third kappa shape index (κ3) is 85.2. The fourth-order valence-electron chi connectivity index (χ4n) is 0.113. The van der Waals surface area contributed by atoms with Gasteiger partial charge in [-0.2, -0.15) is 37.9 Å². The van der Waals surface area contributed by atoms with E-state index in [9.17, 15) is 0 Å². The van der Waals surface area contributed by atoms with Crippen molar-refractivity contribution in [3.05, 3.63) is 13.8 Å². The van der Waals surface area contributed by atoms with Gasteiger partial charge in [0.15, 0.2) is 6.16 Å². The van der Waals surface area contributed by atoms with Crippen LogP contribution in [-0.4, -0.2) is 38.5 Å². The fourth-order valence-corrected chi connectivity index (χ4v) is 1.02. The third-order valence-electron chi connectivity index (χ3n) is 0.385. The smallest absolute Gasteiger partial charge is 0.329 e. The zero-order valence-corrected chi connectivity index (χ0v) is 13.7. The summed E-state index contributed by atoms with van der Waals surface area (Å²) in [5.41, 5.74) is 0. The van der Waals surface area contributed by atoms with Crippen molar-refractivity contribution in [1.29, 1.82) is 0 Å². The summed E-state index contributed by atoms with van der Waals surface area (Å²) in [4.78, 5) is 24.5. The van der Waals surface area contributed by atoms with Crippen LogP contribution in [0.3, 0.4) is 0 Å². The van der Waals surface area contributed by atoms with Crippen LogP contribution < -0.4 is 0 Å². The molecule has 0 unspecified atom stereocenters. The topological polar surface area (TPSA) is 60.7 Å². The van der Waals surface area contributed by atoms with Gasteiger partial charge in [-0.3, -0.25) is 0 Å². The molecule has 0 atom stereocenters. The Morgan fingerprint density at radius 3 is 1.13 bits per heavy atom. The van der Waals surface area contributed by atoms with Gasteiger partial charge < -0.3 is 13.8 Å². The SMILES string of the molecule is Br.O[P+](O)(O)CCCl.[CH2-]CCl.[CH2-]CCl.[Cu+2]. The molecule has 0 aliphatic carbocycles. The number of alkyl halides is 3. The predicted molar refractivity (Wildman–Crippen MR) is 71.6 cm³/mol. The maximum atomic E-state index is 8.16. The van der Waals surface area contributed by atoms with Gasteiger partial charge in [-0.25, -0.2) is 0 Å². The molecule has 0 aliphatic rings. The van der Waals surface area contributed by atoms with E-state index in [4.69, 9.17) is 49.5 Å². The third-order valence-corrected chi connectivity index (χ3v) is 1.66. The molecule has 0 saturated carbocycles. The summed E-state index contributed by atoms with van der Waals surface area (Å²) in [5, 5.41) is 0. The van der Waals surface area contributed by atoms with Crippen LogP contribution in [0.4, 0.5) is 0 Å². The predicted octanol–water partition coefficient (Wildman–Crippen LogP) is 2.66. The molecule has 9 heteroatoms. The average Bonchev–Trinajstić information content (AvgIpc) is 1.87.